The zero-order chi connectivity index (χ0) is 17.1. The molecule has 6 heteroatoms. The number of hydrogen-bond donors (Lipinski definition) is 2. The number of benzene rings is 2. The molecule has 1 aromatic heterocycles. The summed E-state index contributed by atoms with van der Waals surface area (Å²) >= 11 is 0. The highest BCUT2D eigenvalue weighted by molar-refractivity contribution is 5.87. The lowest BCUT2D eigenvalue weighted by Crippen LogP contribution is -2.17. The molecular formula is C19H17N3O3. The van der Waals surface area contributed by atoms with Gasteiger partial charge in [0.1, 0.15) is 0 Å². The maximum Gasteiger partial charge on any atom is 0.240 e. The lowest BCUT2D eigenvalue weighted by Gasteiger charge is -2.01. The van der Waals surface area contributed by atoms with Crippen LogP contribution in [0.15, 0.2) is 53.8 Å². The molecule has 0 unspecified atom stereocenters. The van der Waals surface area contributed by atoms with E-state index in [1.165, 1.54) is 0 Å². The third-order valence-corrected chi connectivity index (χ3v) is 4.12. The summed E-state index contributed by atoms with van der Waals surface area (Å²) in [5.41, 5.74) is 5.53. The third-order valence-electron chi connectivity index (χ3n) is 4.12. The summed E-state index contributed by atoms with van der Waals surface area (Å²) in [6.07, 6.45) is 4.54. The first-order valence-electron chi connectivity index (χ1n) is 8.07. The summed E-state index contributed by atoms with van der Waals surface area (Å²) in [4.78, 5) is 15.2. The lowest BCUT2D eigenvalue weighted by atomic mass is 10.1. The topological polar surface area (TPSA) is 75.7 Å². The molecule has 3 aromatic rings. The van der Waals surface area contributed by atoms with E-state index in [-0.39, 0.29) is 12.7 Å². The standard InChI is InChI=1S/C19H17N3O3/c23-18(9-8-13-10-20-16-6-2-1-5-15(13)16)22-21-11-14-4-3-7-17-19(14)25-12-24-17/h1-7,10-11,20H,8-9,12H2,(H,22,23)/b21-11+. The third kappa shape index (κ3) is 3.19. The maximum absolute atomic E-state index is 12.0. The Morgan fingerprint density at radius 3 is 3.08 bits per heavy atom. The molecule has 0 spiro atoms. The van der Waals surface area contributed by atoms with Crippen molar-refractivity contribution in [1.82, 2.24) is 10.4 Å². The largest absolute Gasteiger partial charge is 0.454 e. The van der Waals surface area contributed by atoms with Gasteiger partial charge in [0.05, 0.1) is 6.21 Å². The van der Waals surface area contributed by atoms with Crippen molar-refractivity contribution in [1.29, 1.82) is 0 Å². The number of rotatable bonds is 5. The van der Waals surface area contributed by atoms with Gasteiger partial charge in [0.2, 0.25) is 12.7 Å². The molecule has 4 rings (SSSR count). The molecule has 6 nitrogen and oxygen atoms in total. The van der Waals surface area contributed by atoms with E-state index in [4.69, 9.17) is 9.47 Å². The molecule has 2 N–H and O–H groups in total. The zero-order valence-corrected chi connectivity index (χ0v) is 13.5. The molecule has 25 heavy (non-hydrogen) atoms. The van der Waals surface area contributed by atoms with Crippen molar-refractivity contribution in [3.05, 3.63) is 59.8 Å². The smallest absolute Gasteiger partial charge is 0.240 e. The Bertz CT molecular complexity index is 946. The van der Waals surface area contributed by atoms with E-state index >= 15 is 0 Å². The number of amides is 1. The fourth-order valence-electron chi connectivity index (χ4n) is 2.87. The van der Waals surface area contributed by atoms with Gasteiger partial charge in [0.25, 0.3) is 0 Å². The summed E-state index contributed by atoms with van der Waals surface area (Å²) in [5.74, 6) is 1.21. The SMILES string of the molecule is O=C(CCc1c[nH]c2ccccc12)N/N=C/c1cccc2c1OCO2. The van der Waals surface area contributed by atoms with Crippen molar-refractivity contribution in [3.63, 3.8) is 0 Å². The van der Waals surface area contributed by atoms with Crippen LogP contribution in [0.3, 0.4) is 0 Å². The first kappa shape index (κ1) is 15.3. The summed E-state index contributed by atoms with van der Waals surface area (Å²) in [7, 11) is 0. The number of aromatic nitrogens is 1. The molecule has 1 amide bonds. The first-order chi connectivity index (χ1) is 12.3. The molecule has 0 saturated heterocycles. The molecule has 1 aliphatic heterocycles. The Hall–Kier alpha value is -3.28. The number of nitrogens with zero attached hydrogens (tertiary/aromatic N) is 1. The summed E-state index contributed by atoms with van der Waals surface area (Å²) in [6.45, 7) is 0.206. The molecule has 2 heterocycles. The van der Waals surface area contributed by atoms with Crippen molar-refractivity contribution in [3.8, 4) is 11.5 Å². The molecule has 0 radical (unpaired) electrons. The number of carbonyl (C=O) groups is 1. The summed E-state index contributed by atoms with van der Waals surface area (Å²) in [6, 6.07) is 13.6. The van der Waals surface area contributed by atoms with Gasteiger partial charge in [-0.15, -0.1) is 0 Å². The lowest BCUT2D eigenvalue weighted by molar-refractivity contribution is -0.121. The minimum Gasteiger partial charge on any atom is -0.454 e. The number of H-pyrrole nitrogens is 1. The Balaban J connectivity index is 1.34. The number of ether oxygens (including phenoxy) is 2. The molecule has 0 aliphatic carbocycles. The van der Waals surface area contributed by atoms with Gasteiger partial charge in [-0.2, -0.15) is 5.10 Å². The van der Waals surface area contributed by atoms with Gasteiger partial charge in [-0.05, 0) is 30.2 Å². The highest BCUT2D eigenvalue weighted by Gasteiger charge is 2.15. The molecule has 2 aromatic carbocycles. The van der Waals surface area contributed by atoms with Gasteiger partial charge >= 0.3 is 0 Å². The summed E-state index contributed by atoms with van der Waals surface area (Å²) < 4.78 is 10.7. The van der Waals surface area contributed by atoms with Crippen molar-refractivity contribution in [2.45, 2.75) is 12.8 Å². The van der Waals surface area contributed by atoms with E-state index in [1.807, 2.05) is 42.6 Å². The van der Waals surface area contributed by atoms with Crippen LogP contribution in [0.25, 0.3) is 10.9 Å². The van der Waals surface area contributed by atoms with Crippen LogP contribution in [-0.2, 0) is 11.2 Å². The number of fused-ring (bicyclic) bond motifs is 2. The first-order valence-corrected chi connectivity index (χ1v) is 8.07. The van der Waals surface area contributed by atoms with Crippen LogP contribution < -0.4 is 14.9 Å². The van der Waals surface area contributed by atoms with Crippen LogP contribution in [0.5, 0.6) is 11.5 Å². The molecule has 0 saturated carbocycles. The van der Waals surface area contributed by atoms with Gasteiger partial charge in [0.15, 0.2) is 11.5 Å². The van der Waals surface area contributed by atoms with Gasteiger partial charge in [0, 0.05) is 29.1 Å². The Labute approximate surface area is 144 Å². The van der Waals surface area contributed by atoms with Crippen LogP contribution in [0, 0.1) is 0 Å². The van der Waals surface area contributed by atoms with Crippen LogP contribution in [0.4, 0.5) is 0 Å². The van der Waals surface area contributed by atoms with E-state index < -0.39 is 0 Å². The zero-order valence-electron chi connectivity index (χ0n) is 13.5. The number of aryl methyl sites for hydroxylation is 1. The van der Waals surface area contributed by atoms with E-state index in [0.717, 1.165) is 22.0 Å². The second-order valence-corrected chi connectivity index (χ2v) is 5.73. The quantitative estimate of drug-likeness (QED) is 0.556. The van der Waals surface area contributed by atoms with Gasteiger partial charge in [-0.25, -0.2) is 5.43 Å². The van der Waals surface area contributed by atoms with Crippen LogP contribution >= 0.6 is 0 Å². The van der Waals surface area contributed by atoms with E-state index in [9.17, 15) is 4.79 Å². The van der Waals surface area contributed by atoms with Crippen LogP contribution in [0.1, 0.15) is 17.5 Å². The number of hydrazone groups is 1. The highest BCUT2D eigenvalue weighted by atomic mass is 16.7. The molecule has 1 aliphatic rings. The molecule has 0 fully saturated rings. The Morgan fingerprint density at radius 1 is 1.20 bits per heavy atom. The number of para-hydroxylation sites is 2. The molecule has 0 bridgehead atoms. The average Bonchev–Trinajstić information content (AvgIpc) is 3.27. The van der Waals surface area contributed by atoms with E-state index in [2.05, 4.69) is 21.6 Å². The monoisotopic (exact) mass is 335 g/mol. The highest BCUT2D eigenvalue weighted by Crippen LogP contribution is 2.34. The fourth-order valence-corrected chi connectivity index (χ4v) is 2.87. The average molecular weight is 335 g/mol. The molecule has 126 valence electrons. The van der Waals surface area contributed by atoms with Crippen molar-refractivity contribution in [2.75, 3.05) is 6.79 Å². The van der Waals surface area contributed by atoms with Crippen molar-refractivity contribution >= 4 is 23.0 Å². The number of nitrogens with one attached hydrogen (secondary N) is 2. The van der Waals surface area contributed by atoms with E-state index in [1.54, 1.807) is 6.21 Å². The van der Waals surface area contributed by atoms with Crippen molar-refractivity contribution in [2.24, 2.45) is 5.10 Å². The van der Waals surface area contributed by atoms with Crippen LogP contribution in [-0.4, -0.2) is 23.9 Å². The van der Waals surface area contributed by atoms with Gasteiger partial charge < -0.3 is 14.5 Å². The minimum atomic E-state index is -0.133. The summed E-state index contributed by atoms with van der Waals surface area (Å²) in [5, 5.41) is 5.16. The maximum atomic E-state index is 12.0. The van der Waals surface area contributed by atoms with Gasteiger partial charge in [-0.1, -0.05) is 24.3 Å². The van der Waals surface area contributed by atoms with Crippen LogP contribution in [0.2, 0.25) is 0 Å². The minimum absolute atomic E-state index is 0.133. The predicted octanol–water partition coefficient (Wildman–Crippen LogP) is 2.98. The van der Waals surface area contributed by atoms with Crippen molar-refractivity contribution < 1.29 is 14.3 Å². The fraction of sp³-hybridized carbons (Fsp3) is 0.158. The number of hydrogen-bond acceptors (Lipinski definition) is 4. The molecule has 0 atom stereocenters. The second kappa shape index (κ2) is 6.68. The van der Waals surface area contributed by atoms with Gasteiger partial charge in [-0.3, -0.25) is 4.79 Å². The van der Waals surface area contributed by atoms with E-state index in [0.29, 0.717) is 24.3 Å². The molecular weight excluding hydrogens is 318 g/mol. The number of aromatic amines is 1. The predicted molar refractivity (Wildman–Crippen MR) is 94.9 cm³/mol. The Morgan fingerprint density at radius 2 is 2.12 bits per heavy atom. The Kier molecular flexibility index (Phi) is 4.08. The number of carbonyl (C=O) groups excluding carboxylic acids is 1. The second-order valence-electron chi connectivity index (χ2n) is 5.73. The normalized spacial score (nSPS) is 12.8.